The lowest BCUT2D eigenvalue weighted by Crippen LogP contribution is -2.30. The molecule has 2 unspecified atom stereocenters. The van der Waals surface area contributed by atoms with Gasteiger partial charge in [0.05, 0.1) is 0 Å². The first-order valence-corrected chi connectivity index (χ1v) is 8.60. The summed E-state index contributed by atoms with van der Waals surface area (Å²) in [4.78, 5) is 0. The van der Waals surface area contributed by atoms with Gasteiger partial charge in [-0.3, -0.25) is 0 Å². The van der Waals surface area contributed by atoms with Gasteiger partial charge >= 0.3 is 0 Å². The number of nitrogens with one attached hydrogen (secondary N) is 1. The molecule has 2 heteroatoms. The molecule has 0 bridgehead atoms. The zero-order valence-corrected chi connectivity index (χ0v) is 12.1. The maximum Gasteiger partial charge on any atom is 0.00683 e. The van der Waals surface area contributed by atoms with Crippen molar-refractivity contribution in [2.45, 2.75) is 57.4 Å². The fourth-order valence-electron chi connectivity index (χ4n) is 3.32. The number of hydrogen-bond donors (Lipinski definition) is 1. The molecule has 2 fully saturated rings. The second-order valence-corrected chi connectivity index (χ2v) is 6.96. The van der Waals surface area contributed by atoms with E-state index >= 15 is 0 Å². The van der Waals surface area contributed by atoms with Crippen molar-refractivity contribution in [3.05, 3.63) is 22.4 Å². The maximum absolute atomic E-state index is 3.77. The molecule has 1 aromatic rings. The van der Waals surface area contributed by atoms with Crippen LogP contribution < -0.4 is 5.32 Å². The molecule has 0 aliphatic heterocycles. The van der Waals surface area contributed by atoms with E-state index in [0.717, 1.165) is 17.9 Å². The molecule has 1 heterocycles. The highest BCUT2D eigenvalue weighted by Gasteiger charge is 2.27. The monoisotopic (exact) mass is 263 g/mol. The van der Waals surface area contributed by atoms with Crippen LogP contribution in [0.25, 0.3) is 0 Å². The minimum atomic E-state index is 0.870. The van der Waals surface area contributed by atoms with Gasteiger partial charge in [-0.1, -0.05) is 19.3 Å². The van der Waals surface area contributed by atoms with Gasteiger partial charge in [0.1, 0.15) is 0 Å². The van der Waals surface area contributed by atoms with Crippen molar-refractivity contribution in [2.24, 2.45) is 11.8 Å². The molecule has 2 saturated carbocycles. The van der Waals surface area contributed by atoms with Crippen molar-refractivity contribution in [2.75, 3.05) is 6.54 Å². The van der Waals surface area contributed by atoms with E-state index in [0.29, 0.717) is 0 Å². The smallest absolute Gasteiger partial charge is 0.00683 e. The molecular formula is C16H25NS. The molecule has 0 spiro atoms. The first kappa shape index (κ1) is 12.7. The molecule has 1 aromatic heterocycles. The molecular weight excluding hydrogens is 238 g/mol. The SMILES string of the molecule is c1cc(CC2CCCCCC2CNC2CC2)cs1. The van der Waals surface area contributed by atoms with E-state index in [1.165, 1.54) is 57.9 Å². The maximum atomic E-state index is 3.77. The van der Waals surface area contributed by atoms with Crippen molar-refractivity contribution in [3.8, 4) is 0 Å². The normalized spacial score (nSPS) is 29.1. The van der Waals surface area contributed by atoms with Crippen molar-refractivity contribution in [1.29, 1.82) is 0 Å². The van der Waals surface area contributed by atoms with Crippen LogP contribution in [-0.4, -0.2) is 12.6 Å². The lowest BCUT2D eigenvalue weighted by molar-refractivity contribution is 0.297. The Labute approximate surface area is 115 Å². The summed E-state index contributed by atoms with van der Waals surface area (Å²) < 4.78 is 0. The van der Waals surface area contributed by atoms with Crippen LogP contribution in [0.1, 0.15) is 50.5 Å². The molecule has 2 aliphatic rings. The average molecular weight is 263 g/mol. The fourth-order valence-corrected chi connectivity index (χ4v) is 4.00. The molecule has 2 atom stereocenters. The van der Waals surface area contributed by atoms with Crippen molar-refractivity contribution in [3.63, 3.8) is 0 Å². The summed E-state index contributed by atoms with van der Waals surface area (Å²) in [6.45, 7) is 1.28. The topological polar surface area (TPSA) is 12.0 Å². The Hall–Kier alpha value is -0.340. The molecule has 3 rings (SSSR count). The number of thiophene rings is 1. The Balaban J connectivity index is 1.58. The quantitative estimate of drug-likeness (QED) is 0.784. The molecule has 0 aromatic carbocycles. The van der Waals surface area contributed by atoms with Crippen LogP contribution in [0.4, 0.5) is 0 Å². The van der Waals surface area contributed by atoms with Crippen LogP contribution in [0.5, 0.6) is 0 Å². The Kier molecular flexibility index (Phi) is 4.37. The molecule has 18 heavy (non-hydrogen) atoms. The van der Waals surface area contributed by atoms with Crippen molar-refractivity contribution < 1.29 is 0 Å². The molecule has 1 N–H and O–H groups in total. The molecule has 0 saturated heterocycles. The molecule has 2 aliphatic carbocycles. The van der Waals surface area contributed by atoms with Crippen molar-refractivity contribution in [1.82, 2.24) is 5.32 Å². The lowest BCUT2D eigenvalue weighted by Gasteiger charge is -2.25. The Bertz CT molecular complexity index is 342. The zero-order chi connectivity index (χ0) is 12.2. The molecule has 0 amide bonds. The molecule has 0 radical (unpaired) electrons. The average Bonchev–Trinajstić information content (AvgIpc) is 3.11. The summed E-state index contributed by atoms with van der Waals surface area (Å²) in [6, 6.07) is 3.19. The van der Waals surface area contributed by atoms with Crippen LogP contribution in [0.2, 0.25) is 0 Å². The van der Waals surface area contributed by atoms with E-state index in [-0.39, 0.29) is 0 Å². The Morgan fingerprint density at radius 3 is 2.61 bits per heavy atom. The number of rotatable bonds is 5. The van der Waals surface area contributed by atoms with Crippen LogP contribution in [0, 0.1) is 11.8 Å². The van der Waals surface area contributed by atoms with Gasteiger partial charge < -0.3 is 5.32 Å². The van der Waals surface area contributed by atoms with Gasteiger partial charge in [0, 0.05) is 6.04 Å². The summed E-state index contributed by atoms with van der Waals surface area (Å²) in [5, 5.41) is 8.34. The summed E-state index contributed by atoms with van der Waals surface area (Å²) in [5.41, 5.74) is 1.57. The van der Waals surface area contributed by atoms with Gasteiger partial charge in [-0.25, -0.2) is 0 Å². The van der Waals surface area contributed by atoms with Gasteiger partial charge in [-0.15, -0.1) is 0 Å². The highest BCUT2D eigenvalue weighted by molar-refractivity contribution is 7.07. The van der Waals surface area contributed by atoms with Crippen LogP contribution in [0.15, 0.2) is 16.8 Å². The van der Waals surface area contributed by atoms with Crippen LogP contribution in [-0.2, 0) is 6.42 Å². The lowest BCUT2D eigenvalue weighted by atomic mass is 9.83. The van der Waals surface area contributed by atoms with E-state index in [2.05, 4.69) is 22.1 Å². The number of hydrogen-bond acceptors (Lipinski definition) is 2. The Morgan fingerprint density at radius 2 is 1.89 bits per heavy atom. The van der Waals surface area contributed by atoms with Gasteiger partial charge in [0.25, 0.3) is 0 Å². The summed E-state index contributed by atoms with van der Waals surface area (Å²) in [5.74, 6) is 1.85. The summed E-state index contributed by atoms with van der Waals surface area (Å²) in [6.07, 6.45) is 11.4. The van der Waals surface area contributed by atoms with Gasteiger partial charge in [-0.05, 0) is 72.9 Å². The second kappa shape index (κ2) is 6.21. The van der Waals surface area contributed by atoms with Crippen LogP contribution >= 0.6 is 11.3 Å². The van der Waals surface area contributed by atoms with Gasteiger partial charge in [-0.2, -0.15) is 11.3 Å². The molecule has 100 valence electrons. The predicted octanol–water partition coefficient (Wildman–Crippen LogP) is 4.24. The molecule has 1 nitrogen and oxygen atoms in total. The first-order valence-electron chi connectivity index (χ1n) is 7.66. The zero-order valence-electron chi connectivity index (χ0n) is 11.2. The summed E-state index contributed by atoms with van der Waals surface area (Å²) in [7, 11) is 0. The second-order valence-electron chi connectivity index (χ2n) is 6.18. The van der Waals surface area contributed by atoms with E-state index in [9.17, 15) is 0 Å². The third kappa shape index (κ3) is 3.58. The standard InChI is InChI=1S/C16H25NS/c1-2-4-14(10-13-8-9-18-12-13)15(5-3-1)11-17-16-6-7-16/h8-9,12,14-17H,1-7,10-11H2. The Morgan fingerprint density at radius 1 is 1.06 bits per heavy atom. The van der Waals surface area contributed by atoms with E-state index < -0.39 is 0 Å². The van der Waals surface area contributed by atoms with Crippen LogP contribution in [0.3, 0.4) is 0 Å². The largest absolute Gasteiger partial charge is 0.314 e. The van der Waals surface area contributed by atoms with E-state index in [1.54, 1.807) is 5.56 Å². The van der Waals surface area contributed by atoms with Gasteiger partial charge in [0.15, 0.2) is 0 Å². The minimum absolute atomic E-state index is 0.870. The highest BCUT2D eigenvalue weighted by atomic mass is 32.1. The first-order chi connectivity index (χ1) is 8.92. The van der Waals surface area contributed by atoms with E-state index in [4.69, 9.17) is 0 Å². The fraction of sp³-hybridized carbons (Fsp3) is 0.750. The highest BCUT2D eigenvalue weighted by Crippen LogP contribution is 2.32. The van der Waals surface area contributed by atoms with Crippen molar-refractivity contribution >= 4 is 11.3 Å². The van der Waals surface area contributed by atoms with E-state index in [1.807, 2.05) is 11.3 Å². The predicted molar refractivity (Wildman–Crippen MR) is 79.1 cm³/mol. The summed E-state index contributed by atoms with van der Waals surface area (Å²) >= 11 is 1.85. The van der Waals surface area contributed by atoms with Gasteiger partial charge in [0.2, 0.25) is 0 Å². The minimum Gasteiger partial charge on any atom is -0.314 e. The third-order valence-electron chi connectivity index (χ3n) is 4.64. The third-order valence-corrected chi connectivity index (χ3v) is 5.37.